The third-order valence-electron chi connectivity index (χ3n) is 5.74. The number of fused-ring (bicyclic) bond motifs is 1. The first-order valence-corrected chi connectivity index (χ1v) is 10.7. The van der Waals surface area contributed by atoms with Gasteiger partial charge in [-0.2, -0.15) is 0 Å². The molecular formula is C25H27FN2O3. The second-order valence-corrected chi connectivity index (χ2v) is 9.17. The van der Waals surface area contributed by atoms with E-state index in [1.165, 1.54) is 10.6 Å². The van der Waals surface area contributed by atoms with Crippen molar-refractivity contribution in [3.63, 3.8) is 0 Å². The summed E-state index contributed by atoms with van der Waals surface area (Å²) in [6, 6.07) is 13.6. The van der Waals surface area contributed by atoms with Gasteiger partial charge in [0, 0.05) is 5.92 Å². The Morgan fingerprint density at radius 1 is 1.16 bits per heavy atom. The van der Waals surface area contributed by atoms with E-state index >= 15 is 0 Å². The molecule has 3 aromatic rings. The van der Waals surface area contributed by atoms with Crippen molar-refractivity contribution in [3.05, 3.63) is 70.5 Å². The summed E-state index contributed by atoms with van der Waals surface area (Å²) in [6.45, 7) is 5.50. The zero-order valence-electron chi connectivity index (χ0n) is 18.1. The Kier molecular flexibility index (Phi) is 5.65. The predicted molar refractivity (Wildman–Crippen MR) is 118 cm³/mol. The molecule has 1 aromatic heterocycles. The number of hydrogen-bond donors (Lipinski definition) is 0. The lowest BCUT2D eigenvalue weighted by Gasteiger charge is -2.34. The van der Waals surface area contributed by atoms with Crippen LogP contribution in [0.4, 0.5) is 4.39 Å². The molecular weight excluding hydrogens is 395 g/mol. The van der Waals surface area contributed by atoms with Crippen molar-refractivity contribution in [2.75, 3.05) is 0 Å². The highest BCUT2D eigenvalue weighted by molar-refractivity contribution is 5.79. The number of hydrogen-bond acceptors (Lipinski definition) is 4. The third-order valence-corrected chi connectivity index (χ3v) is 5.74. The van der Waals surface area contributed by atoms with E-state index in [0.717, 1.165) is 19.3 Å². The number of rotatable bonds is 5. The van der Waals surface area contributed by atoms with E-state index in [4.69, 9.17) is 9.72 Å². The Balaban J connectivity index is 1.91. The topological polar surface area (TPSA) is 61.2 Å². The van der Waals surface area contributed by atoms with Crippen LogP contribution in [0.5, 0.6) is 0 Å². The first-order valence-electron chi connectivity index (χ1n) is 10.7. The van der Waals surface area contributed by atoms with Gasteiger partial charge < -0.3 is 4.74 Å². The minimum absolute atomic E-state index is 0.0419. The Labute approximate surface area is 180 Å². The van der Waals surface area contributed by atoms with E-state index in [1.54, 1.807) is 24.3 Å². The van der Waals surface area contributed by atoms with Crippen LogP contribution in [0, 0.1) is 11.7 Å². The van der Waals surface area contributed by atoms with E-state index in [2.05, 4.69) is 0 Å². The Hall–Kier alpha value is -3.02. The van der Waals surface area contributed by atoms with Crippen LogP contribution in [-0.2, 0) is 9.53 Å². The normalized spacial score (nSPS) is 15.5. The molecule has 0 bridgehead atoms. The van der Waals surface area contributed by atoms with Crippen LogP contribution in [0.2, 0.25) is 0 Å². The molecule has 1 fully saturated rings. The molecule has 0 aliphatic heterocycles. The van der Waals surface area contributed by atoms with Gasteiger partial charge in [0.1, 0.15) is 22.6 Å². The quantitative estimate of drug-likeness (QED) is 0.534. The highest BCUT2D eigenvalue weighted by Crippen LogP contribution is 2.41. The standard InChI is InChI=1S/C25H27FN2O3/c1-25(2,3)31-21(29)15-18(16-9-7-10-16)23-27-20-14-8-13-19(26)22(20)24(30)28(23)17-11-5-4-6-12-17/h4-6,8,11-14,16,18H,7,9-10,15H2,1-3H3/t18-/m0/s1. The maximum atomic E-state index is 14.6. The highest BCUT2D eigenvalue weighted by atomic mass is 19.1. The molecule has 0 spiro atoms. The molecule has 0 saturated heterocycles. The summed E-state index contributed by atoms with van der Waals surface area (Å²) in [7, 11) is 0. The van der Waals surface area contributed by atoms with Gasteiger partial charge in [-0.25, -0.2) is 9.37 Å². The van der Waals surface area contributed by atoms with E-state index in [1.807, 2.05) is 39.0 Å². The lowest BCUT2D eigenvalue weighted by molar-refractivity contribution is -0.155. The lowest BCUT2D eigenvalue weighted by atomic mass is 9.74. The van der Waals surface area contributed by atoms with Gasteiger partial charge in [0.2, 0.25) is 0 Å². The monoisotopic (exact) mass is 422 g/mol. The molecule has 1 saturated carbocycles. The van der Waals surface area contributed by atoms with E-state index in [0.29, 0.717) is 17.0 Å². The summed E-state index contributed by atoms with van der Waals surface area (Å²) in [6.07, 6.45) is 3.12. The molecule has 5 nitrogen and oxygen atoms in total. The fourth-order valence-corrected chi connectivity index (χ4v) is 4.16. The predicted octanol–water partition coefficient (Wildman–Crippen LogP) is 5.14. The molecule has 1 aliphatic rings. The van der Waals surface area contributed by atoms with Gasteiger partial charge >= 0.3 is 5.97 Å². The summed E-state index contributed by atoms with van der Waals surface area (Å²) >= 11 is 0. The van der Waals surface area contributed by atoms with Crippen LogP contribution in [-0.4, -0.2) is 21.1 Å². The van der Waals surface area contributed by atoms with Gasteiger partial charge in [0.05, 0.1) is 17.6 Å². The lowest BCUT2D eigenvalue weighted by Crippen LogP contribution is -2.33. The molecule has 0 N–H and O–H groups in total. The van der Waals surface area contributed by atoms with Crippen LogP contribution in [0.1, 0.15) is 58.2 Å². The van der Waals surface area contributed by atoms with Crippen molar-refractivity contribution < 1.29 is 13.9 Å². The van der Waals surface area contributed by atoms with Crippen molar-refractivity contribution >= 4 is 16.9 Å². The maximum absolute atomic E-state index is 14.6. The number of halogens is 1. The van der Waals surface area contributed by atoms with E-state index in [-0.39, 0.29) is 29.6 Å². The van der Waals surface area contributed by atoms with Gasteiger partial charge in [0.25, 0.3) is 5.56 Å². The third kappa shape index (κ3) is 4.38. The summed E-state index contributed by atoms with van der Waals surface area (Å²) in [5.41, 5.74) is -0.146. The minimum atomic E-state index is -0.599. The Morgan fingerprint density at radius 3 is 2.48 bits per heavy atom. The number of ether oxygens (including phenoxy) is 1. The summed E-state index contributed by atoms with van der Waals surface area (Å²) < 4.78 is 21.6. The van der Waals surface area contributed by atoms with Gasteiger partial charge in [0.15, 0.2) is 0 Å². The molecule has 1 aliphatic carbocycles. The SMILES string of the molecule is CC(C)(C)OC(=O)C[C@H](c1nc2cccc(F)c2c(=O)n1-c1ccccc1)C1CCC1. The second kappa shape index (κ2) is 8.25. The average molecular weight is 423 g/mol. The molecule has 2 aromatic carbocycles. The summed E-state index contributed by atoms with van der Waals surface area (Å²) in [5.74, 6) is -0.495. The molecule has 4 rings (SSSR count). The Bertz CT molecular complexity index is 1160. The number of para-hydroxylation sites is 1. The van der Waals surface area contributed by atoms with Crippen LogP contribution in [0.3, 0.4) is 0 Å². The van der Waals surface area contributed by atoms with Gasteiger partial charge in [-0.3, -0.25) is 14.2 Å². The molecule has 1 heterocycles. The van der Waals surface area contributed by atoms with Crippen LogP contribution in [0.25, 0.3) is 16.6 Å². The summed E-state index contributed by atoms with van der Waals surface area (Å²) in [5, 5.41) is -0.0419. The number of carbonyl (C=O) groups excluding carboxylic acids is 1. The van der Waals surface area contributed by atoms with E-state index in [9.17, 15) is 14.0 Å². The first-order chi connectivity index (χ1) is 14.7. The van der Waals surface area contributed by atoms with Crippen molar-refractivity contribution in [2.24, 2.45) is 5.92 Å². The largest absolute Gasteiger partial charge is 0.460 e. The molecule has 6 heteroatoms. The molecule has 31 heavy (non-hydrogen) atoms. The average Bonchev–Trinajstić information content (AvgIpc) is 2.65. The molecule has 0 unspecified atom stereocenters. The van der Waals surface area contributed by atoms with Crippen LogP contribution < -0.4 is 5.56 Å². The number of aromatic nitrogens is 2. The molecule has 0 radical (unpaired) electrons. The maximum Gasteiger partial charge on any atom is 0.307 e. The molecule has 0 amide bonds. The zero-order chi connectivity index (χ0) is 22.2. The van der Waals surface area contributed by atoms with Crippen molar-refractivity contribution in [3.8, 4) is 5.69 Å². The Morgan fingerprint density at radius 2 is 1.87 bits per heavy atom. The van der Waals surface area contributed by atoms with Gasteiger partial charge in [-0.1, -0.05) is 30.7 Å². The number of nitrogens with zero attached hydrogens (tertiary/aromatic N) is 2. The molecule has 162 valence electrons. The van der Waals surface area contributed by atoms with Gasteiger partial charge in [-0.15, -0.1) is 0 Å². The zero-order valence-corrected chi connectivity index (χ0v) is 18.1. The summed E-state index contributed by atoms with van der Waals surface area (Å²) in [4.78, 5) is 31.0. The fraction of sp³-hybridized carbons (Fsp3) is 0.400. The smallest absolute Gasteiger partial charge is 0.307 e. The van der Waals surface area contributed by atoms with Crippen LogP contribution in [0.15, 0.2) is 53.3 Å². The first kappa shape index (κ1) is 21.2. The van der Waals surface area contributed by atoms with Crippen molar-refractivity contribution in [2.45, 2.75) is 58.0 Å². The highest BCUT2D eigenvalue weighted by Gasteiger charge is 2.35. The van der Waals surface area contributed by atoms with Crippen molar-refractivity contribution in [1.82, 2.24) is 9.55 Å². The fourth-order valence-electron chi connectivity index (χ4n) is 4.16. The number of esters is 1. The van der Waals surface area contributed by atoms with E-state index < -0.39 is 17.0 Å². The van der Waals surface area contributed by atoms with Crippen molar-refractivity contribution in [1.29, 1.82) is 0 Å². The number of benzene rings is 2. The van der Waals surface area contributed by atoms with Gasteiger partial charge in [-0.05, 0) is 63.8 Å². The minimum Gasteiger partial charge on any atom is -0.460 e. The van der Waals surface area contributed by atoms with Crippen LogP contribution >= 0.6 is 0 Å². The second-order valence-electron chi connectivity index (χ2n) is 9.17. The molecule has 1 atom stereocenters. The number of carbonyl (C=O) groups is 1.